The maximum absolute atomic E-state index is 11.4. The van der Waals surface area contributed by atoms with Gasteiger partial charge in [0.15, 0.2) is 0 Å². The zero-order chi connectivity index (χ0) is 13.8. The highest BCUT2D eigenvalue weighted by Gasteiger charge is 2.30. The van der Waals surface area contributed by atoms with Gasteiger partial charge in [-0.25, -0.2) is 9.59 Å². The van der Waals surface area contributed by atoms with Crippen LogP contribution in [0.4, 0.5) is 4.79 Å². The molecule has 17 heavy (non-hydrogen) atoms. The standard InChI is InChI=1S/C11H21NO5/c1-6(2)8(13)7(12)9(14)16-10(15)17-11(3,4)5/h6-8,13H,12H2,1-5H3/t7-,8?/m0/s1. The van der Waals surface area contributed by atoms with E-state index in [1.165, 1.54) is 0 Å². The van der Waals surface area contributed by atoms with Gasteiger partial charge in [0.1, 0.15) is 11.6 Å². The van der Waals surface area contributed by atoms with E-state index < -0.39 is 29.9 Å². The molecule has 0 amide bonds. The summed E-state index contributed by atoms with van der Waals surface area (Å²) >= 11 is 0. The Bertz CT molecular complexity index is 282. The summed E-state index contributed by atoms with van der Waals surface area (Å²) in [7, 11) is 0. The number of aliphatic hydroxyl groups excluding tert-OH is 1. The third-order valence-electron chi connectivity index (χ3n) is 1.90. The van der Waals surface area contributed by atoms with E-state index in [2.05, 4.69) is 4.74 Å². The lowest BCUT2D eigenvalue weighted by Crippen LogP contribution is -2.46. The molecule has 0 aromatic carbocycles. The number of aliphatic hydroxyl groups is 1. The second kappa shape index (κ2) is 5.97. The van der Waals surface area contributed by atoms with Crippen molar-refractivity contribution in [2.45, 2.75) is 52.4 Å². The number of nitrogens with two attached hydrogens (primary N) is 1. The summed E-state index contributed by atoms with van der Waals surface area (Å²) in [6.07, 6.45) is -2.18. The number of carbonyl (C=O) groups excluding carboxylic acids is 2. The largest absolute Gasteiger partial charge is 0.516 e. The van der Waals surface area contributed by atoms with Crippen LogP contribution in [0.5, 0.6) is 0 Å². The highest BCUT2D eigenvalue weighted by Crippen LogP contribution is 2.10. The Balaban J connectivity index is 4.31. The number of carbonyl (C=O) groups is 2. The smallest absolute Gasteiger partial charge is 0.428 e. The van der Waals surface area contributed by atoms with Crippen molar-refractivity contribution < 1.29 is 24.2 Å². The molecule has 0 spiro atoms. The van der Waals surface area contributed by atoms with E-state index >= 15 is 0 Å². The molecule has 1 unspecified atom stereocenters. The Morgan fingerprint density at radius 3 is 2.06 bits per heavy atom. The maximum atomic E-state index is 11.4. The fourth-order valence-corrected chi connectivity index (χ4v) is 0.975. The van der Waals surface area contributed by atoms with Crippen molar-refractivity contribution in [1.29, 1.82) is 0 Å². The van der Waals surface area contributed by atoms with Gasteiger partial charge < -0.3 is 20.3 Å². The molecule has 0 fully saturated rings. The first-order valence-electron chi connectivity index (χ1n) is 5.43. The Labute approximate surface area is 101 Å². The van der Waals surface area contributed by atoms with Crippen LogP contribution in [-0.2, 0) is 14.3 Å². The van der Waals surface area contributed by atoms with Gasteiger partial charge in [0.05, 0.1) is 6.10 Å². The lowest BCUT2D eigenvalue weighted by Gasteiger charge is -2.22. The minimum atomic E-state index is -1.26. The van der Waals surface area contributed by atoms with Gasteiger partial charge in [-0.1, -0.05) is 13.8 Å². The van der Waals surface area contributed by atoms with Crippen LogP contribution in [0.15, 0.2) is 0 Å². The van der Waals surface area contributed by atoms with Gasteiger partial charge in [-0.05, 0) is 26.7 Å². The van der Waals surface area contributed by atoms with Crippen molar-refractivity contribution in [3.05, 3.63) is 0 Å². The van der Waals surface area contributed by atoms with Crippen LogP contribution in [0.25, 0.3) is 0 Å². The predicted octanol–water partition coefficient (Wildman–Crippen LogP) is 0.809. The number of ether oxygens (including phenoxy) is 2. The molecule has 0 heterocycles. The maximum Gasteiger partial charge on any atom is 0.516 e. The van der Waals surface area contributed by atoms with Crippen molar-refractivity contribution in [3.8, 4) is 0 Å². The molecule has 6 heteroatoms. The van der Waals surface area contributed by atoms with Crippen molar-refractivity contribution in [2.24, 2.45) is 11.7 Å². The molecule has 0 saturated carbocycles. The van der Waals surface area contributed by atoms with Gasteiger partial charge in [-0.2, -0.15) is 0 Å². The molecular weight excluding hydrogens is 226 g/mol. The number of hydrogen-bond acceptors (Lipinski definition) is 6. The van der Waals surface area contributed by atoms with E-state index in [9.17, 15) is 14.7 Å². The molecule has 0 saturated heterocycles. The lowest BCUT2D eigenvalue weighted by molar-refractivity contribution is -0.146. The lowest BCUT2D eigenvalue weighted by atomic mass is 10.0. The average Bonchev–Trinajstić information content (AvgIpc) is 2.11. The summed E-state index contributed by atoms with van der Waals surface area (Å²) in [5.74, 6) is -1.21. The SMILES string of the molecule is CC(C)C(O)[C@H](N)C(=O)OC(=O)OC(C)(C)C. The number of rotatable bonds is 3. The first kappa shape index (κ1) is 15.9. The molecule has 6 nitrogen and oxygen atoms in total. The minimum absolute atomic E-state index is 0.212. The van der Waals surface area contributed by atoms with Gasteiger partial charge >= 0.3 is 12.1 Å². The molecule has 0 aliphatic carbocycles. The molecular formula is C11H21NO5. The van der Waals surface area contributed by atoms with Crippen LogP contribution >= 0.6 is 0 Å². The monoisotopic (exact) mass is 247 g/mol. The van der Waals surface area contributed by atoms with E-state index in [0.29, 0.717) is 0 Å². The van der Waals surface area contributed by atoms with Crippen LogP contribution in [0, 0.1) is 5.92 Å². The molecule has 3 N–H and O–H groups in total. The van der Waals surface area contributed by atoms with E-state index in [-0.39, 0.29) is 5.92 Å². The van der Waals surface area contributed by atoms with Crippen molar-refractivity contribution in [2.75, 3.05) is 0 Å². The van der Waals surface area contributed by atoms with E-state index in [0.717, 1.165) is 0 Å². The summed E-state index contributed by atoms with van der Waals surface area (Å²) in [5, 5.41) is 9.53. The Kier molecular flexibility index (Phi) is 5.57. The molecule has 0 radical (unpaired) electrons. The average molecular weight is 247 g/mol. The summed E-state index contributed by atoms with van der Waals surface area (Å²) in [4.78, 5) is 22.5. The molecule has 2 atom stereocenters. The highest BCUT2D eigenvalue weighted by molar-refractivity contribution is 5.85. The Morgan fingerprint density at radius 2 is 1.71 bits per heavy atom. The van der Waals surface area contributed by atoms with E-state index in [1.807, 2.05) is 0 Å². The first-order chi connectivity index (χ1) is 7.54. The second-order valence-corrected chi connectivity index (χ2v) is 5.15. The molecule has 0 aromatic rings. The van der Waals surface area contributed by atoms with Crippen molar-refractivity contribution in [3.63, 3.8) is 0 Å². The Hall–Kier alpha value is -1.14. The minimum Gasteiger partial charge on any atom is -0.428 e. The van der Waals surface area contributed by atoms with Gasteiger partial charge in [0, 0.05) is 0 Å². The van der Waals surface area contributed by atoms with Crippen LogP contribution < -0.4 is 5.73 Å². The topological polar surface area (TPSA) is 98.9 Å². The van der Waals surface area contributed by atoms with E-state index in [4.69, 9.17) is 10.5 Å². The van der Waals surface area contributed by atoms with Crippen LogP contribution in [-0.4, -0.2) is 35.0 Å². The molecule has 0 aliphatic heterocycles. The Morgan fingerprint density at radius 1 is 1.24 bits per heavy atom. The summed E-state index contributed by atoms with van der Waals surface area (Å²) < 4.78 is 9.15. The van der Waals surface area contributed by atoms with Gasteiger partial charge in [0.25, 0.3) is 0 Å². The first-order valence-corrected chi connectivity index (χ1v) is 5.43. The number of hydrogen-bond donors (Lipinski definition) is 2. The van der Waals surface area contributed by atoms with Crippen molar-refractivity contribution in [1.82, 2.24) is 0 Å². The molecule has 0 bridgehead atoms. The highest BCUT2D eigenvalue weighted by atomic mass is 16.7. The quantitative estimate of drug-likeness (QED) is 0.565. The van der Waals surface area contributed by atoms with Gasteiger partial charge in [-0.3, -0.25) is 0 Å². The number of esters is 1. The molecule has 0 aliphatic rings. The summed E-state index contributed by atoms with van der Waals surface area (Å²) in [6.45, 7) is 8.32. The predicted molar refractivity (Wildman–Crippen MR) is 61.1 cm³/mol. The van der Waals surface area contributed by atoms with Crippen molar-refractivity contribution >= 4 is 12.1 Å². The zero-order valence-corrected chi connectivity index (χ0v) is 10.9. The summed E-state index contributed by atoms with van der Waals surface area (Å²) in [5.41, 5.74) is 4.69. The fourth-order valence-electron chi connectivity index (χ4n) is 0.975. The summed E-state index contributed by atoms with van der Waals surface area (Å²) in [6, 6.07) is -1.26. The van der Waals surface area contributed by atoms with Crippen LogP contribution in [0.2, 0.25) is 0 Å². The second-order valence-electron chi connectivity index (χ2n) is 5.15. The fraction of sp³-hybridized carbons (Fsp3) is 0.818. The molecule has 0 rings (SSSR count). The van der Waals surface area contributed by atoms with E-state index in [1.54, 1.807) is 34.6 Å². The molecule has 100 valence electrons. The van der Waals surface area contributed by atoms with Gasteiger partial charge in [-0.15, -0.1) is 0 Å². The van der Waals surface area contributed by atoms with Crippen LogP contribution in [0.3, 0.4) is 0 Å². The third-order valence-corrected chi connectivity index (χ3v) is 1.90. The normalized spacial score (nSPS) is 15.3. The third kappa shape index (κ3) is 6.23. The van der Waals surface area contributed by atoms with Crippen LogP contribution in [0.1, 0.15) is 34.6 Å². The molecule has 0 aromatic heterocycles. The zero-order valence-electron chi connectivity index (χ0n) is 10.9. The van der Waals surface area contributed by atoms with Gasteiger partial charge in [0.2, 0.25) is 0 Å².